The van der Waals surface area contributed by atoms with Crippen molar-refractivity contribution in [1.82, 2.24) is 0 Å². The number of ether oxygens (including phenoxy) is 4. The number of benzene rings is 2. The zero-order valence-corrected chi connectivity index (χ0v) is 15.1. The third kappa shape index (κ3) is 4.75. The van der Waals surface area contributed by atoms with Crippen molar-refractivity contribution in [3.63, 3.8) is 0 Å². The molecule has 0 heterocycles. The normalized spacial score (nSPS) is 9.89. The molecule has 8 heteroatoms. The molecule has 1 N–H and O–H groups in total. The molecule has 0 spiro atoms. The van der Waals surface area contributed by atoms with Crippen LogP contribution >= 0.6 is 0 Å². The maximum absolute atomic E-state index is 12.3. The van der Waals surface area contributed by atoms with Crippen LogP contribution in [0.25, 0.3) is 0 Å². The van der Waals surface area contributed by atoms with Gasteiger partial charge in [0.1, 0.15) is 17.1 Å². The van der Waals surface area contributed by atoms with Crippen molar-refractivity contribution in [3.05, 3.63) is 53.6 Å². The molecule has 0 fully saturated rings. The van der Waals surface area contributed by atoms with Crippen LogP contribution in [0.4, 0.5) is 5.69 Å². The highest BCUT2D eigenvalue weighted by Gasteiger charge is 2.21. The SMILES string of the molecule is COC(=O)c1ccccc1NC(=O)COC(=O)c1c(OC)cccc1OC. The van der Waals surface area contributed by atoms with Crippen molar-refractivity contribution in [2.75, 3.05) is 33.3 Å². The second kappa shape index (κ2) is 9.23. The Morgan fingerprint density at radius 2 is 1.48 bits per heavy atom. The Labute approximate surface area is 156 Å². The molecule has 0 aliphatic carbocycles. The van der Waals surface area contributed by atoms with Crippen molar-refractivity contribution < 1.29 is 33.3 Å². The average Bonchev–Trinajstić information content (AvgIpc) is 2.71. The first kappa shape index (κ1) is 19.8. The molecule has 0 saturated carbocycles. The van der Waals surface area contributed by atoms with Crippen molar-refractivity contribution in [2.24, 2.45) is 0 Å². The summed E-state index contributed by atoms with van der Waals surface area (Å²) in [4.78, 5) is 36.2. The van der Waals surface area contributed by atoms with E-state index in [4.69, 9.17) is 14.2 Å². The number of amides is 1. The van der Waals surface area contributed by atoms with E-state index >= 15 is 0 Å². The molecule has 8 nitrogen and oxygen atoms in total. The third-order valence-electron chi connectivity index (χ3n) is 3.57. The number of hydrogen-bond donors (Lipinski definition) is 1. The quantitative estimate of drug-likeness (QED) is 0.743. The molecule has 0 atom stereocenters. The van der Waals surface area contributed by atoms with Crippen LogP contribution in [0.3, 0.4) is 0 Å². The average molecular weight is 373 g/mol. The van der Waals surface area contributed by atoms with Gasteiger partial charge in [-0.2, -0.15) is 0 Å². The molecule has 0 saturated heterocycles. The van der Waals surface area contributed by atoms with Crippen LogP contribution in [0.2, 0.25) is 0 Å². The van der Waals surface area contributed by atoms with Gasteiger partial charge in [0.25, 0.3) is 5.91 Å². The number of anilines is 1. The number of para-hydroxylation sites is 1. The molecule has 27 heavy (non-hydrogen) atoms. The van der Waals surface area contributed by atoms with E-state index < -0.39 is 24.5 Å². The molecule has 2 aromatic rings. The van der Waals surface area contributed by atoms with Gasteiger partial charge < -0.3 is 24.3 Å². The monoisotopic (exact) mass is 373 g/mol. The van der Waals surface area contributed by atoms with Crippen molar-refractivity contribution >= 4 is 23.5 Å². The molecule has 142 valence electrons. The molecule has 1 amide bonds. The van der Waals surface area contributed by atoms with Gasteiger partial charge in [0.15, 0.2) is 6.61 Å². The van der Waals surface area contributed by atoms with Crippen LogP contribution in [-0.4, -0.2) is 45.8 Å². The molecular formula is C19H19NO7. The first-order chi connectivity index (χ1) is 13.0. The Hall–Kier alpha value is -3.55. The minimum atomic E-state index is -0.777. The molecule has 0 bridgehead atoms. The van der Waals surface area contributed by atoms with Crippen molar-refractivity contribution in [1.29, 1.82) is 0 Å². The van der Waals surface area contributed by atoms with Crippen LogP contribution < -0.4 is 14.8 Å². The number of methoxy groups -OCH3 is 3. The molecule has 0 radical (unpaired) electrons. The summed E-state index contributed by atoms with van der Waals surface area (Å²) in [6.45, 7) is -0.560. The fraction of sp³-hybridized carbons (Fsp3) is 0.211. The zero-order chi connectivity index (χ0) is 19.8. The van der Waals surface area contributed by atoms with Crippen LogP contribution in [-0.2, 0) is 14.3 Å². The number of carbonyl (C=O) groups excluding carboxylic acids is 3. The van der Waals surface area contributed by atoms with Gasteiger partial charge in [0, 0.05) is 0 Å². The smallest absolute Gasteiger partial charge is 0.346 e. The highest BCUT2D eigenvalue weighted by Crippen LogP contribution is 2.28. The number of carbonyl (C=O) groups is 3. The predicted molar refractivity (Wildman–Crippen MR) is 96.2 cm³/mol. The lowest BCUT2D eigenvalue weighted by Gasteiger charge is -2.13. The summed E-state index contributed by atoms with van der Waals surface area (Å²) in [6.07, 6.45) is 0. The van der Waals surface area contributed by atoms with Gasteiger partial charge in [-0.3, -0.25) is 4.79 Å². The first-order valence-electron chi connectivity index (χ1n) is 7.87. The summed E-state index contributed by atoms with van der Waals surface area (Å²) in [5.41, 5.74) is 0.511. The molecule has 0 aliphatic rings. The van der Waals surface area contributed by atoms with Gasteiger partial charge in [-0.15, -0.1) is 0 Å². The lowest BCUT2D eigenvalue weighted by atomic mass is 10.1. The topological polar surface area (TPSA) is 100 Å². The van der Waals surface area contributed by atoms with E-state index in [-0.39, 0.29) is 28.3 Å². The standard InChI is InChI=1S/C19H19NO7/c1-24-14-9-6-10-15(25-2)17(14)19(23)27-11-16(21)20-13-8-5-4-7-12(13)18(22)26-3/h4-10H,11H2,1-3H3,(H,20,21). The molecule has 0 aliphatic heterocycles. The first-order valence-corrected chi connectivity index (χ1v) is 7.87. The largest absolute Gasteiger partial charge is 0.496 e. The second-order valence-electron chi connectivity index (χ2n) is 5.20. The molecule has 0 unspecified atom stereocenters. The summed E-state index contributed by atoms with van der Waals surface area (Å²) in [5.74, 6) is -1.47. The summed E-state index contributed by atoms with van der Waals surface area (Å²) in [5, 5.41) is 2.51. The van der Waals surface area contributed by atoms with Crippen LogP contribution in [0, 0.1) is 0 Å². The fourth-order valence-corrected chi connectivity index (χ4v) is 2.32. The van der Waals surface area contributed by atoms with Crippen molar-refractivity contribution in [3.8, 4) is 11.5 Å². The summed E-state index contributed by atoms with van der Waals surface area (Å²) in [6, 6.07) is 11.1. The Balaban J connectivity index is 2.07. The van der Waals surface area contributed by atoms with Gasteiger partial charge in [0.05, 0.1) is 32.6 Å². The van der Waals surface area contributed by atoms with E-state index in [1.165, 1.54) is 33.5 Å². The van der Waals surface area contributed by atoms with Gasteiger partial charge in [0.2, 0.25) is 0 Å². The van der Waals surface area contributed by atoms with Gasteiger partial charge in [-0.25, -0.2) is 9.59 Å². The van der Waals surface area contributed by atoms with Crippen molar-refractivity contribution in [2.45, 2.75) is 0 Å². The number of rotatable bonds is 7. The Bertz CT molecular complexity index is 825. The number of hydrogen-bond acceptors (Lipinski definition) is 7. The zero-order valence-electron chi connectivity index (χ0n) is 15.1. The van der Waals surface area contributed by atoms with E-state index in [2.05, 4.69) is 10.1 Å². The number of nitrogens with one attached hydrogen (secondary N) is 1. The molecule has 2 aromatic carbocycles. The van der Waals surface area contributed by atoms with E-state index in [0.29, 0.717) is 0 Å². The van der Waals surface area contributed by atoms with Gasteiger partial charge in [-0.1, -0.05) is 18.2 Å². The van der Waals surface area contributed by atoms with Gasteiger partial charge in [-0.05, 0) is 24.3 Å². The highest BCUT2D eigenvalue weighted by atomic mass is 16.5. The molecule has 2 rings (SSSR count). The maximum atomic E-state index is 12.3. The summed E-state index contributed by atoms with van der Waals surface area (Å²) >= 11 is 0. The van der Waals surface area contributed by atoms with E-state index in [0.717, 1.165) is 0 Å². The Morgan fingerprint density at radius 3 is 2.07 bits per heavy atom. The second-order valence-corrected chi connectivity index (χ2v) is 5.20. The third-order valence-corrected chi connectivity index (χ3v) is 3.57. The Morgan fingerprint density at radius 1 is 0.852 bits per heavy atom. The van der Waals surface area contributed by atoms with E-state index in [9.17, 15) is 14.4 Å². The summed E-state index contributed by atoms with van der Waals surface area (Å²) < 4.78 is 20.0. The van der Waals surface area contributed by atoms with E-state index in [1.54, 1.807) is 30.3 Å². The lowest BCUT2D eigenvalue weighted by Crippen LogP contribution is -2.22. The minimum absolute atomic E-state index is 0.0743. The minimum Gasteiger partial charge on any atom is -0.496 e. The summed E-state index contributed by atoms with van der Waals surface area (Å²) in [7, 11) is 4.05. The van der Waals surface area contributed by atoms with Crippen LogP contribution in [0.1, 0.15) is 20.7 Å². The maximum Gasteiger partial charge on any atom is 0.346 e. The van der Waals surface area contributed by atoms with Gasteiger partial charge >= 0.3 is 11.9 Å². The molecule has 0 aromatic heterocycles. The molecular weight excluding hydrogens is 354 g/mol. The predicted octanol–water partition coefficient (Wildman–Crippen LogP) is 2.29. The highest BCUT2D eigenvalue weighted by molar-refractivity contribution is 6.02. The number of esters is 2. The van der Waals surface area contributed by atoms with Crippen LogP contribution in [0.5, 0.6) is 11.5 Å². The fourth-order valence-electron chi connectivity index (χ4n) is 2.32. The van der Waals surface area contributed by atoms with E-state index in [1.807, 2.05) is 0 Å². The van der Waals surface area contributed by atoms with Crippen LogP contribution in [0.15, 0.2) is 42.5 Å². The Kier molecular flexibility index (Phi) is 6.76. The lowest BCUT2D eigenvalue weighted by molar-refractivity contribution is -0.119.